The van der Waals surface area contributed by atoms with Crippen LogP contribution in [0.2, 0.25) is 0 Å². The third-order valence-electron chi connectivity index (χ3n) is 5.74. The number of aryl methyl sites for hydroxylation is 1. The molecule has 0 saturated carbocycles. The van der Waals surface area contributed by atoms with Crippen LogP contribution in [-0.4, -0.2) is 24.7 Å². The van der Waals surface area contributed by atoms with Gasteiger partial charge in [0.25, 0.3) is 0 Å². The number of thioether (sulfide) groups is 1. The number of hydrogen-bond donors (Lipinski definition) is 1. The molecule has 0 atom stereocenters. The average Bonchev–Trinajstić information content (AvgIpc) is 3.62. The zero-order valence-electron chi connectivity index (χ0n) is 18.5. The van der Waals surface area contributed by atoms with Gasteiger partial charge in [0.15, 0.2) is 11.0 Å². The number of hydrogen-bond acceptors (Lipinski definition) is 5. The molecule has 0 aliphatic heterocycles. The minimum atomic E-state index is 0.723. The van der Waals surface area contributed by atoms with Crippen molar-refractivity contribution in [3.05, 3.63) is 102 Å². The molecule has 0 spiro atoms. The van der Waals surface area contributed by atoms with E-state index in [0.29, 0.717) is 0 Å². The molecule has 0 aliphatic carbocycles. The van der Waals surface area contributed by atoms with E-state index >= 15 is 0 Å². The van der Waals surface area contributed by atoms with Crippen LogP contribution in [0.4, 0.5) is 0 Å². The lowest BCUT2D eigenvalue weighted by Gasteiger charge is -2.12. The predicted molar refractivity (Wildman–Crippen MR) is 140 cm³/mol. The van der Waals surface area contributed by atoms with Crippen molar-refractivity contribution in [2.75, 3.05) is 0 Å². The molecule has 5 nitrogen and oxygen atoms in total. The molecule has 3 aromatic carbocycles. The van der Waals surface area contributed by atoms with Crippen LogP contribution in [0.3, 0.4) is 0 Å². The predicted octanol–water partition coefficient (Wildman–Crippen LogP) is 7.14. The van der Waals surface area contributed by atoms with Crippen LogP contribution in [0, 0.1) is 6.92 Å². The van der Waals surface area contributed by atoms with Crippen LogP contribution in [0.15, 0.2) is 95.6 Å². The van der Waals surface area contributed by atoms with Crippen molar-refractivity contribution in [1.82, 2.24) is 24.7 Å². The second kappa shape index (κ2) is 8.93. The standard InChI is InChI=1S/C27H21N5S2/c1-18-9-5-8-14-24(18)32-25(22-15-28-23-13-7-6-12-21(22)23)30-31-27(32)34-17-20-16-33-26(29-20)19-10-3-2-4-11-19/h2-16,28H,17H2,1H3. The van der Waals surface area contributed by atoms with E-state index in [1.54, 1.807) is 23.1 Å². The molecule has 0 saturated heterocycles. The monoisotopic (exact) mass is 479 g/mol. The summed E-state index contributed by atoms with van der Waals surface area (Å²) in [6.45, 7) is 2.12. The third-order valence-corrected chi connectivity index (χ3v) is 7.64. The average molecular weight is 480 g/mol. The van der Waals surface area contributed by atoms with Gasteiger partial charge in [-0.1, -0.05) is 78.5 Å². The fourth-order valence-electron chi connectivity index (χ4n) is 4.05. The van der Waals surface area contributed by atoms with Gasteiger partial charge in [0.1, 0.15) is 5.01 Å². The molecule has 0 aliphatic rings. The van der Waals surface area contributed by atoms with Gasteiger partial charge in [-0.05, 0) is 24.6 Å². The van der Waals surface area contributed by atoms with Crippen molar-refractivity contribution in [2.24, 2.45) is 0 Å². The van der Waals surface area contributed by atoms with Crippen molar-refractivity contribution < 1.29 is 0 Å². The third kappa shape index (κ3) is 3.83. The Morgan fingerprint density at radius 2 is 1.71 bits per heavy atom. The molecule has 6 rings (SSSR count). The summed E-state index contributed by atoms with van der Waals surface area (Å²) in [6, 6.07) is 26.9. The Labute approximate surface area is 205 Å². The largest absolute Gasteiger partial charge is 0.360 e. The first-order chi connectivity index (χ1) is 16.8. The number of aromatic nitrogens is 5. The Kier molecular flexibility index (Phi) is 5.49. The lowest BCUT2D eigenvalue weighted by atomic mass is 10.1. The summed E-state index contributed by atoms with van der Waals surface area (Å²) in [4.78, 5) is 8.22. The van der Waals surface area contributed by atoms with Crippen LogP contribution in [0.1, 0.15) is 11.3 Å². The molecule has 166 valence electrons. The number of para-hydroxylation sites is 2. The summed E-state index contributed by atoms with van der Waals surface area (Å²) in [7, 11) is 0. The van der Waals surface area contributed by atoms with E-state index < -0.39 is 0 Å². The van der Waals surface area contributed by atoms with Crippen LogP contribution in [0.25, 0.3) is 38.5 Å². The number of benzene rings is 3. The number of rotatable bonds is 6. The van der Waals surface area contributed by atoms with Gasteiger partial charge in [-0.3, -0.25) is 4.57 Å². The van der Waals surface area contributed by atoms with Gasteiger partial charge >= 0.3 is 0 Å². The van der Waals surface area contributed by atoms with Crippen molar-refractivity contribution in [2.45, 2.75) is 17.8 Å². The first kappa shape index (κ1) is 20.9. The lowest BCUT2D eigenvalue weighted by Crippen LogP contribution is -2.01. The van der Waals surface area contributed by atoms with Gasteiger partial charge in [-0.15, -0.1) is 21.5 Å². The maximum atomic E-state index is 4.85. The fraction of sp³-hybridized carbons (Fsp3) is 0.0741. The number of thiazole rings is 1. The number of aromatic amines is 1. The summed E-state index contributed by atoms with van der Waals surface area (Å²) < 4.78 is 2.17. The van der Waals surface area contributed by atoms with Gasteiger partial charge in [-0.25, -0.2) is 4.98 Å². The highest BCUT2D eigenvalue weighted by atomic mass is 32.2. The molecular weight excluding hydrogens is 458 g/mol. The Balaban J connectivity index is 1.38. The van der Waals surface area contributed by atoms with E-state index in [1.165, 1.54) is 5.56 Å². The van der Waals surface area contributed by atoms with Crippen molar-refractivity contribution >= 4 is 34.0 Å². The topological polar surface area (TPSA) is 59.4 Å². The zero-order valence-corrected chi connectivity index (χ0v) is 20.1. The van der Waals surface area contributed by atoms with Gasteiger partial charge < -0.3 is 4.98 Å². The summed E-state index contributed by atoms with van der Waals surface area (Å²) in [6.07, 6.45) is 2.02. The smallest absolute Gasteiger partial charge is 0.196 e. The number of H-pyrrole nitrogens is 1. The maximum Gasteiger partial charge on any atom is 0.196 e. The Hall–Kier alpha value is -3.68. The van der Waals surface area contributed by atoms with Crippen molar-refractivity contribution in [1.29, 1.82) is 0 Å². The van der Waals surface area contributed by atoms with Crippen molar-refractivity contribution in [3.8, 4) is 27.6 Å². The van der Waals surface area contributed by atoms with E-state index in [1.807, 2.05) is 30.5 Å². The number of nitrogens with zero attached hydrogens (tertiary/aromatic N) is 4. The van der Waals surface area contributed by atoms with Crippen LogP contribution >= 0.6 is 23.1 Å². The Morgan fingerprint density at radius 3 is 2.59 bits per heavy atom. The van der Waals surface area contributed by atoms with Gasteiger partial charge in [0.2, 0.25) is 0 Å². The van der Waals surface area contributed by atoms with E-state index in [-0.39, 0.29) is 0 Å². The van der Waals surface area contributed by atoms with E-state index in [9.17, 15) is 0 Å². The molecule has 1 N–H and O–H groups in total. The maximum absolute atomic E-state index is 4.85. The van der Waals surface area contributed by atoms with Crippen LogP contribution < -0.4 is 0 Å². The normalized spacial score (nSPS) is 11.3. The second-order valence-corrected chi connectivity index (χ2v) is 9.78. The summed E-state index contributed by atoms with van der Waals surface area (Å²) in [5, 5.41) is 14.4. The quantitative estimate of drug-likeness (QED) is 0.258. The molecular formula is C27H21N5S2. The molecule has 0 radical (unpaired) electrons. The van der Waals surface area contributed by atoms with E-state index in [0.717, 1.165) is 55.2 Å². The molecule has 0 bridgehead atoms. The van der Waals surface area contributed by atoms with Gasteiger partial charge in [0, 0.05) is 39.4 Å². The van der Waals surface area contributed by atoms with Gasteiger partial charge in [-0.2, -0.15) is 0 Å². The van der Waals surface area contributed by atoms with Crippen LogP contribution in [-0.2, 0) is 5.75 Å². The zero-order chi connectivity index (χ0) is 22.9. The molecule has 0 amide bonds. The highest BCUT2D eigenvalue weighted by Gasteiger charge is 2.20. The second-order valence-electron chi connectivity index (χ2n) is 7.97. The molecule has 3 heterocycles. The van der Waals surface area contributed by atoms with E-state index in [2.05, 4.69) is 86.6 Å². The summed E-state index contributed by atoms with van der Waals surface area (Å²) in [5.74, 6) is 1.55. The molecule has 34 heavy (non-hydrogen) atoms. The van der Waals surface area contributed by atoms with E-state index in [4.69, 9.17) is 4.98 Å². The minimum Gasteiger partial charge on any atom is -0.360 e. The first-order valence-electron chi connectivity index (χ1n) is 11.0. The molecule has 6 aromatic rings. The first-order valence-corrected chi connectivity index (χ1v) is 12.8. The minimum absolute atomic E-state index is 0.723. The fourth-order valence-corrected chi connectivity index (χ4v) is 5.82. The highest BCUT2D eigenvalue weighted by molar-refractivity contribution is 7.98. The lowest BCUT2D eigenvalue weighted by molar-refractivity contribution is 0.880. The van der Waals surface area contributed by atoms with Crippen LogP contribution in [0.5, 0.6) is 0 Å². The molecule has 0 unspecified atom stereocenters. The molecule has 0 fully saturated rings. The molecule has 7 heteroatoms. The van der Waals surface area contributed by atoms with Crippen molar-refractivity contribution in [3.63, 3.8) is 0 Å². The highest BCUT2D eigenvalue weighted by Crippen LogP contribution is 2.34. The SMILES string of the molecule is Cc1ccccc1-n1c(SCc2csc(-c3ccccc3)n2)nnc1-c1c[nH]c2ccccc12. The number of nitrogens with one attached hydrogen (secondary N) is 1. The van der Waals surface area contributed by atoms with Gasteiger partial charge in [0.05, 0.1) is 11.4 Å². The number of fused-ring (bicyclic) bond motifs is 1. The summed E-state index contributed by atoms with van der Waals surface area (Å²) >= 11 is 3.33. The molecule has 3 aromatic heterocycles. The Bertz CT molecular complexity index is 1580. The summed E-state index contributed by atoms with van der Waals surface area (Å²) in [5.41, 5.74) is 6.57. The Morgan fingerprint density at radius 1 is 0.912 bits per heavy atom.